The molecule has 10 heteroatoms. The van der Waals surface area contributed by atoms with Gasteiger partial charge >= 0.3 is 5.97 Å². The number of carbonyl (C=O) groups is 2. The number of halogens is 1. The zero-order valence-electron chi connectivity index (χ0n) is 24.1. The van der Waals surface area contributed by atoms with E-state index in [4.69, 9.17) is 16.3 Å². The summed E-state index contributed by atoms with van der Waals surface area (Å²) in [5.41, 5.74) is 4.56. The number of para-hydroxylation sites is 1. The second kappa shape index (κ2) is 11.3. The molecule has 43 heavy (non-hydrogen) atoms. The normalized spacial score (nSPS) is 17.0. The Hall–Kier alpha value is -4.47. The van der Waals surface area contributed by atoms with Gasteiger partial charge < -0.3 is 14.5 Å². The van der Waals surface area contributed by atoms with Gasteiger partial charge in [-0.05, 0) is 49.2 Å². The predicted octanol–water partition coefficient (Wildman–Crippen LogP) is 4.43. The molecule has 218 valence electrons. The molecule has 4 aromatic rings. The Balaban J connectivity index is 1.57. The number of thiazole rings is 1. The van der Waals surface area contributed by atoms with Gasteiger partial charge in [-0.2, -0.15) is 0 Å². The highest BCUT2D eigenvalue weighted by Crippen LogP contribution is 2.37. The molecule has 1 amide bonds. The number of fused-ring (bicyclic) bond motifs is 2. The summed E-state index contributed by atoms with van der Waals surface area (Å²) in [6, 6.07) is 21.7. The van der Waals surface area contributed by atoms with E-state index >= 15 is 0 Å². The molecule has 2 aliphatic heterocycles. The molecule has 2 aliphatic rings. The maximum absolute atomic E-state index is 14.4. The highest BCUT2D eigenvalue weighted by Gasteiger charge is 2.37. The van der Waals surface area contributed by atoms with Crippen LogP contribution in [0.1, 0.15) is 36.6 Å². The number of benzene rings is 3. The number of carbonyl (C=O) groups excluding carboxylic acids is 2. The summed E-state index contributed by atoms with van der Waals surface area (Å²) in [7, 11) is 3.89. The predicted molar refractivity (Wildman–Crippen MR) is 169 cm³/mol. The third-order valence-electron chi connectivity index (χ3n) is 7.65. The van der Waals surface area contributed by atoms with E-state index in [1.165, 1.54) is 4.57 Å². The van der Waals surface area contributed by atoms with Gasteiger partial charge in [-0.1, -0.05) is 71.5 Å². The van der Waals surface area contributed by atoms with Gasteiger partial charge in [0, 0.05) is 30.4 Å². The van der Waals surface area contributed by atoms with Crippen LogP contribution in [0.25, 0.3) is 5.57 Å². The van der Waals surface area contributed by atoms with Gasteiger partial charge in [-0.15, -0.1) is 0 Å². The highest BCUT2D eigenvalue weighted by atomic mass is 35.5. The average Bonchev–Trinajstić information content (AvgIpc) is 3.45. The van der Waals surface area contributed by atoms with Crippen molar-refractivity contribution in [2.75, 3.05) is 30.5 Å². The number of allylic oxidation sites excluding steroid dienone is 1. The van der Waals surface area contributed by atoms with Gasteiger partial charge in [-0.3, -0.25) is 14.2 Å². The molecular weight excluding hydrogens is 584 g/mol. The number of hydrogen-bond acceptors (Lipinski definition) is 7. The van der Waals surface area contributed by atoms with Crippen molar-refractivity contribution >= 4 is 51.8 Å². The maximum atomic E-state index is 14.4. The van der Waals surface area contributed by atoms with Crippen molar-refractivity contribution < 1.29 is 14.3 Å². The molecule has 6 rings (SSSR count). The number of ether oxygens (including phenoxy) is 1. The summed E-state index contributed by atoms with van der Waals surface area (Å²) in [6.45, 7) is 3.92. The second-order valence-corrected chi connectivity index (χ2v) is 11.9. The van der Waals surface area contributed by atoms with E-state index in [-0.39, 0.29) is 23.6 Å². The van der Waals surface area contributed by atoms with Crippen molar-refractivity contribution in [2.45, 2.75) is 26.4 Å². The molecule has 8 nitrogen and oxygen atoms in total. The standard InChI is InChI=1S/C33H29ClN4O4S/c1-5-42-32(41)26-19(2)35-33-38(28(26)20-14-16-22(17-15-20)36(3)4)31(40)29(43-33)27-23-11-7-9-13-25(23)37(30(27)39)18-21-10-6-8-12-24(21)34/h6-17,28H,5,18H2,1-4H3/b29-27+/t28-/m1/s1. The minimum Gasteiger partial charge on any atom is -0.463 e. The quantitative estimate of drug-likeness (QED) is 0.301. The van der Waals surface area contributed by atoms with Crippen molar-refractivity contribution in [1.29, 1.82) is 0 Å². The van der Waals surface area contributed by atoms with Crippen molar-refractivity contribution in [3.05, 3.63) is 125 Å². The van der Waals surface area contributed by atoms with Crippen LogP contribution in [0.2, 0.25) is 5.02 Å². The Morgan fingerprint density at radius 3 is 2.42 bits per heavy atom. The average molecular weight is 613 g/mol. The number of nitrogens with zero attached hydrogens (tertiary/aromatic N) is 4. The molecule has 3 aromatic carbocycles. The summed E-state index contributed by atoms with van der Waals surface area (Å²) in [6.07, 6.45) is 0. The van der Waals surface area contributed by atoms with E-state index in [0.717, 1.165) is 28.2 Å². The van der Waals surface area contributed by atoms with E-state index < -0.39 is 17.6 Å². The SMILES string of the molecule is CCOC(=O)C1=C(C)N=c2s/c(=C3/C(=O)N(Cc4ccccc4Cl)c4ccccc43)c(=O)n2[C@@H]1c1ccc(N(C)C)cc1. The molecule has 0 fully saturated rings. The third-order valence-corrected chi connectivity index (χ3v) is 9.08. The molecule has 0 radical (unpaired) electrons. The van der Waals surface area contributed by atoms with Crippen LogP contribution in [0.4, 0.5) is 11.4 Å². The molecular formula is C33H29ClN4O4S. The van der Waals surface area contributed by atoms with Crippen molar-refractivity contribution in [2.24, 2.45) is 4.99 Å². The number of esters is 1. The molecule has 1 atom stereocenters. The Kier molecular flexibility index (Phi) is 7.54. The Labute approximate surface area is 257 Å². The van der Waals surface area contributed by atoms with Crippen LogP contribution < -0.4 is 24.7 Å². The van der Waals surface area contributed by atoms with Crippen molar-refractivity contribution in [1.82, 2.24) is 4.57 Å². The fourth-order valence-corrected chi connectivity index (χ4v) is 6.90. The Morgan fingerprint density at radius 2 is 1.72 bits per heavy atom. The van der Waals surface area contributed by atoms with Gasteiger partial charge in [0.15, 0.2) is 4.80 Å². The topological polar surface area (TPSA) is 84.2 Å². The maximum Gasteiger partial charge on any atom is 0.338 e. The number of amides is 1. The van der Waals surface area contributed by atoms with Crippen molar-refractivity contribution in [3.8, 4) is 0 Å². The lowest BCUT2D eigenvalue weighted by atomic mass is 9.95. The Morgan fingerprint density at radius 1 is 1.02 bits per heavy atom. The van der Waals surface area contributed by atoms with E-state index in [2.05, 4.69) is 4.99 Å². The lowest BCUT2D eigenvalue weighted by Crippen LogP contribution is -2.41. The van der Waals surface area contributed by atoms with Gasteiger partial charge in [0.1, 0.15) is 4.53 Å². The second-order valence-electron chi connectivity index (χ2n) is 10.5. The molecule has 0 bridgehead atoms. The minimum atomic E-state index is -0.771. The zero-order valence-corrected chi connectivity index (χ0v) is 25.7. The number of rotatable bonds is 6. The first-order valence-corrected chi connectivity index (χ1v) is 15.0. The molecule has 0 saturated heterocycles. The highest BCUT2D eigenvalue weighted by molar-refractivity contribution is 7.07. The summed E-state index contributed by atoms with van der Waals surface area (Å²) < 4.78 is 7.20. The largest absolute Gasteiger partial charge is 0.463 e. The van der Waals surface area contributed by atoms with Gasteiger partial charge in [0.05, 0.1) is 41.7 Å². The molecule has 1 aromatic heterocycles. The number of aromatic nitrogens is 1. The fraction of sp³-hybridized carbons (Fsp3) is 0.212. The van der Waals surface area contributed by atoms with Gasteiger partial charge in [-0.25, -0.2) is 9.79 Å². The molecule has 0 N–H and O–H groups in total. The van der Waals surface area contributed by atoms with Crippen LogP contribution in [0.15, 0.2) is 93.9 Å². The molecule has 0 unspecified atom stereocenters. The van der Waals surface area contributed by atoms with Gasteiger partial charge in [0.2, 0.25) is 0 Å². The van der Waals surface area contributed by atoms with Crippen LogP contribution in [-0.4, -0.2) is 37.1 Å². The van der Waals surface area contributed by atoms with E-state index in [0.29, 0.717) is 37.9 Å². The smallest absolute Gasteiger partial charge is 0.338 e. The molecule has 3 heterocycles. The third kappa shape index (κ3) is 4.88. The molecule has 0 saturated carbocycles. The van der Waals surface area contributed by atoms with Crippen LogP contribution in [0.5, 0.6) is 0 Å². The summed E-state index contributed by atoms with van der Waals surface area (Å²) in [4.78, 5) is 50.5. The van der Waals surface area contributed by atoms with Crippen LogP contribution in [-0.2, 0) is 20.9 Å². The summed E-state index contributed by atoms with van der Waals surface area (Å²) in [5.74, 6) is -0.823. The minimum absolute atomic E-state index is 0.184. The lowest BCUT2D eigenvalue weighted by Gasteiger charge is -2.25. The van der Waals surface area contributed by atoms with E-state index in [1.807, 2.05) is 85.7 Å². The first-order chi connectivity index (χ1) is 20.7. The number of anilines is 2. The van der Waals surface area contributed by atoms with Crippen LogP contribution in [0, 0.1) is 0 Å². The van der Waals surface area contributed by atoms with Gasteiger partial charge in [0.25, 0.3) is 11.5 Å². The van der Waals surface area contributed by atoms with Crippen LogP contribution in [0.3, 0.4) is 0 Å². The summed E-state index contributed by atoms with van der Waals surface area (Å²) in [5, 5.41) is 0.558. The molecule has 0 aliphatic carbocycles. The van der Waals surface area contributed by atoms with E-state index in [9.17, 15) is 14.4 Å². The van der Waals surface area contributed by atoms with E-state index in [1.54, 1.807) is 24.8 Å². The zero-order chi connectivity index (χ0) is 30.4. The van der Waals surface area contributed by atoms with Crippen LogP contribution >= 0.6 is 22.9 Å². The lowest BCUT2D eigenvalue weighted by molar-refractivity contribution is -0.139. The Bertz CT molecular complexity index is 1990. The molecule has 0 spiro atoms. The first-order valence-electron chi connectivity index (χ1n) is 13.9. The number of hydrogen-bond donors (Lipinski definition) is 0. The summed E-state index contributed by atoms with van der Waals surface area (Å²) >= 11 is 7.60. The fourth-order valence-electron chi connectivity index (χ4n) is 5.57. The van der Waals surface area contributed by atoms with Crippen molar-refractivity contribution in [3.63, 3.8) is 0 Å². The monoisotopic (exact) mass is 612 g/mol. The first kappa shape index (κ1) is 28.6.